The number of hydrogen-bond acceptors (Lipinski definition) is 6. The highest BCUT2D eigenvalue weighted by Gasteiger charge is 2.33. The van der Waals surface area contributed by atoms with Crippen molar-refractivity contribution in [3.05, 3.63) is 64.7 Å². The van der Waals surface area contributed by atoms with Gasteiger partial charge in [0, 0.05) is 5.38 Å². The van der Waals surface area contributed by atoms with Gasteiger partial charge in [0.15, 0.2) is 5.13 Å². The highest BCUT2D eigenvalue weighted by Crippen LogP contribution is 2.31. The Morgan fingerprint density at radius 2 is 1.69 bits per heavy atom. The average Bonchev–Trinajstić information content (AvgIpc) is 3.38. The zero-order valence-corrected chi connectivity index (χ0v) is 17.7. The van der Waals surface area contributed by atoms with Crippen LogP contribution in [0.2, 0.25) is 0 Å². The van der Waals surface area contributed by atoms with Crippen LogP contribution in [0, 0.1) is 0 Å². The fraction of sp³-hybridized carbons (Fsp3) is 0.100. The minimum atomic E-state index is -5.01. The van der Waals surface area contributed by atoms with Gasteiger partial charge in [-0.3, -0.25) is 20.2 Å². The molecule has 4 aromatic rings. The number of aromatic amines is 1. The molecule has 2 aromatic heterocycles. The second-order valence-electron chi connectivity index (χ2n) is 6.81. The number of alkyl halides is 6. The molecule has 0 aliphatic rings. The lowest BCUT2D eigenvalue weighted by atomic mass is 10.2. The maximum absolute atomic E-state index is 12.9. The molecule has 15 heteroatoms. The zero-order chi connectivity index (χ0) is 25.4. The van der Waals surface area contributed by atoms with Gasteiger partial charge in [0.25, 0.3) is 11.8 Å². The van der Waals surface area contributed by atoms with Crippen molar-refractivity contribution in [1.29, 1.82) is 0 Å². The van der Waals surface area contributed by atoms with E-state index in [9.17, 15) is 35.9 Å². The second-order valence-corrected chi connectivity index (χ2v) is 7.66. The van der Waals surface area contributed by atoms with Crippen molar-refractivity contribution in [1.82, 2.24) is 15.0 Å². The molecule has 182 valence electrons. The molecule has 0 radical (unpaired) electrons. The quantitative estimate of drug-likeness (QED) is 0.307. The number of imidazole rings is 1. The van der Waals surface area contributed by atoms with Crippen molar-refractivity contribution in [3.63, 3.8) is 0 Å². The van der Waals surface area contributed by atoms with Crippen molar-refractivity contribution in [2.75, 3.05) is 10.6 Å². The molecule has 3 N–H and O–H groups in total. The van der Waals surface area contributed by atoms with E-state index < -0.39 is 41.2 Å². The smallest absolute Gasteiger partial charge is 0.405 e. The first-order valence-electron chi connectivity index (χ1n) is 9.39. The summed E-state index contributed by atoms with van der Waals surface area (Å²) in [5.41, 5.74) is -1.26. The van der Waals surface area contributed by atoms with Crippen molar-refractivity contribution in [2.24, 2.45) is 0 Å². The number of halogens is 6. The predicted molar refractivity (Wildman–Crippen MR) is 112 cm³/mol. The van der Waals surface area contributed by atoms with Crippen LogP contribution in [0.5, 0.6) is 5.75 Å². The lowest BCUT2D eigenvalue weighted by Crippen LogP contribution is -2.21. The van der Waals surface area contributed by atoms with Gasteiger partial charge in [0.05, 0.1) is 22.2 Å². The number of benzene rings is 2. The van der Waals surface area contributed by atoms with E-state index in [0.717, 1.165) is 41.7 Å². The number of fused-ring (bicyclic) bond motifs is 1. The number of aromatic nitrogens is 3. The van der Waals surface area contributed by atoms with E-state index in [1.807, 2.05) is 0 Å². The number of anilines is 2. The van der Waals surface area contributed by atoms with Crippen LogP contribution in [-0.4, -0.2) is 33.1 Å². The summed E-state index contributed by atoms with van der Waals surface area (Å²) in [6.45, 7) is 0. The zero-order valence-electron chi connectivity index (χ0n) is 16.9. The molecule has 2 aromatic carbocycles. The molecule has 2 amide bonds. The van der Waals surface area contributed by atoms with Crippen molar-refractivity contribution in [2.45, 2.75) is 12.5 Å². The first kappa shape index (κ1) is 24.0. The Labute approximate surface area is 195 Å². The predicted octanol–water partition coefficient (Wildman–Crippen LogP) is 5.44. The first-order valence-corrected chi connectivity index (χ1v) is 10.3. The molecule has 0 saturated carbocycles. The topological polar surface area (TPSA) is 109 Å². The number of carbonyl (C=O) groups is 2. The molecule has 0 fully saturated rings. The Morgan fingerprint density at radius 1 is 0.943 bits per heavy atom. The highest BCUT2D eigenvalue weighted by atomic mass is 32.1. The van der Waals surface area contributed by atoms with Crippen LogP contribution in [0.4, 0.5) is 37.4 Å². The minimum Gasteiger partial charge on any atom is -0.405 e. The van der Waals surface area contributed by atoms with Gasteiger partial charge in [-0.2, -0.15) is 13.2 Å². The van der Waals surface area contributed by atoms with Crippen LogP contribution in [0.25, 0.3) is 11.0 Å². The Kier molecular flexibility index (Phi) is 6.10. The largest absolute Gasteiger partial charge is 0.573 e. The van der Waals surface area contributed by atoms with Gasteiger partial charge in [0.1, 0.15) is 11.4 Å². The number of H-pyrrole nitrogens is 1. The third-order valence-corrected chi connectivity index (χ3v) is 5.11. The lowest BCUT2D eigenvalue weighted by molar-refractivity contribution is -0.274. The van der Waals surface area contributed by atoms with Gasteiger partial charge < -0.3 is 9.72 Å². The summed E-state index contributed by atoms with van der Waals surface area (Å²) in [4.78, 5) is 35.3. The molecular weight excluding hydrogens is 504 g/mol. The van der Waals surface area contributed by atoms with Crippen LogP contribution >= 0.6 is 11.3 Å². The monoisotopic (exact) mass is 515 g/mol. The Balaban J connectivity index is 1.45. The molecule has 0 saturated heterocycles. The number of para-hydroxylation sites is 1. The molecule has 0 aliphatic heterocycles. The van der Waals surface area contributed by atoms with Gasteiger partial charge in [-0.25, -0.2) is 9.97 Å². The van der Waals surface area contributed by atoms with Crippen molar-refractivity contribution in [3.8, 4) is 5.75 Å². The molecule has 4 rings (SSSR count). The lowest BCUT2D eigenvalue weighted by Gasteiger charge is -2.12. The van der Waals surface area contributed by atoms with Crippen LogP contribution < -0.4 is 15.4 Å². The first-order chi connectivity index (χ1) is 16.4. The van der Waals surface area contributed by atoms with E-state index in [1.54, 1.807) is 0 Å². The molecule has 0 bridgehead atoms. The summed E-state index contributed by atoms with van der Waals surface area (Å²) in [7, 11) is 0. The number of hydrogen-bond donors (Lipinski definition) is 3. The number of ether oxygens (including phenoxy) is 1. The summed E-state index contributed by atoms with van der Waals surface area (Å²) in [6, 6.07) is 7.51. The van der Waals surface area contributed by atoms with Crippen LogP contribution in [0.15, 0.2) is 47.8 Å². The van der Waals surface area contributed by atoms with Crippen molar-refractivity contribution < 1.29 is 40.7 Å². The second kappa shape index (κ2) is 8.90. The normalized spacial score (nSPS) is 11.9. The van der Waals surface area contributed by atoms with E-state index in [0.29, 0.717) is 0 Å². The fourth-order valence-corrected chi connectivity index (χ4v) is 3.57. The van der Waals surface area contributed by atoms with Gasteiger partial charge in [-0.05, 0) is 30.3 Å². The maximum Gasteiger partial charge on any atom is 0.573 e. The minimum absolute atomic E-state index is 0.0427. The standard InChI is InChI=1S/C20H11F6N5O3S/c21-19(22,23)9-5-6-11-12(7-9)28-17(27-11)30-16(33)13-8-35-18(29-13)31-15(32)10-3-1-2-4-14(10)34-20(24,25)26/h1-8H,(H,29,31,32)(H2,27,28,30,33). The highest BCUT2D eigenvalue weighted by molar-refractivity contribution is 7.14. The molecule has 0 atom stereocenters. The molecule has 2 heterocycles. The molecule has 8 nitrogen and oxygen atoms in total. The Hall–Kier alpha value is -4.14. The number of amides is 2. The van der Waals surface area contributed by atoms with Crippen LogP contribution in [-0.2, 0) is 6.18 Å². The summed E-state index contributed by atoms with van der Waals surface area (Å²) in [5, 5.41) is 5.78. The molecule has 0 spiro atoms. The fourth-order valence-electron chi connectivity index (χ4n) is 2.88. The van der Waals surface area contributed by atoms with Crippen LogP contribution in [0.3, 0.4) is 0 Å². The number of nitrogens with zero attached hydrogens (tertiary/aromatic N) is 2. The summed E-state index contributed by atoms with van der Waals surface area (Å²) in [6.07, 6.45) is -9.56. The Bertz CT molecular complexity index is 1410. The third kappa shape index (κ3) is 5.68. The third-order valence-electron chi connectivity index (χ3n) is 4.36. The van der Waals surface area contributed by atoms with Gasteiger partial charge in [-0.15, -0.1) is 24.5 Å². The molecule has 0 aliphatic carbocycles. The summed E-state index contributed by atoms with van der Waals surface area (Å²) < 4.78 is 80.1. The molecule has 35 heavy (non-hydrogen) atoms. The number of carbonyl (C=O) groups excluding carboxylic acids is 2. The Morgan fingerprint density at radius 3 is 2.40 bits per heavy atom. The van der Waals surface area contributed by atoms with E-state index in [-0.39, 0.29) is 27.8 Å². The maximum atomic E-state index is 12.9. The summed E-state index contributed by atoms with van der Waals surface area (Å²) in [5.74, 6) is -2.60. The van der Waals surface area contributed by atoms with E-state index in [4.69, 9.17) is 0 Å². The van der Waals surface area contributed by atoms with Gasteiger partial charge in [-0.1, -0.05) is 12.1 Å². The van der Waals surface area contributed by atoms with E-state index in [1.165, 1.54) is 17.5 Å². The van der Waals surface area contributed by atoms with Gasteiger partial charge in [0.2, 0.25) is 5.95 Å². The van der Waals surface area contributed by atoms with E-state index >= 15 is 0 Å². The van der Waals surface area contributed by atoms with Crippen LogP contribution in [0.1, 0.15) is 26.4 Å². The molecule has 0 unspecified atom stereocenters. The molecular formula is C20H11F6N5O3S. The number of rotatable bonds is 5. The number of thiazole rings is 1. The number of nitrogens with one attached hydrogen (secondary N) is 3. The van der Waals surface area contributed by atoms with E-state index in [2.05, 4.69) is 30.3 Å². The summed E-state index contributed by atoms with van der Waals surface area (Å²) >= 11 is 0.818. The average molecular weight is 515 g/mol. The van der Waals surface area contributed by atoms with Crippen molar-refractivity contribution >= 4 is 45.3 Å². The van der Waals surface area contributed by atoms with Gasteiger partial charge >= 0.3 is 12.5 Å². The SMILES string of the molecule is O=C(Nc1nc2ccc(C(F)(F)F)cc2[nH]1)c1csc(NC(=O)c2ccccc2OC(F)(F)F)n1.